The van der Waals surface area contributed by atoms with E-state index in [4.69, 9.17) is 5.84 Å². The SMILES string of the molecule is NNCC1CCC(F)CC1. The molecule has 1 aliphatic rings. The minimum atomic E-state index is -0.547. The molecular weight excluding hydrogens is 131 g/mol. The summed E-state index contributed by atoms with van der Waals surface area (Å²) in [5.74, 6) is 5.76. The van der Waals surface area contributed by atoms with Crippen molar-refractivity contribution in [2.45, 2.75) is 31.9 Å². The van der Waals surface area contributed by atoms with Crippen molar-refractivity contribution in [3.63, 3.8) is 0 Å². The Bertz CT molecular complexity index is 89.6. The summed E-state index contributed by atoms with van der Waals surface area (Å²) in [6, 6.07) is 0. The van der Waals surface area contributed by atoms with Crippen LogP contribution in [0, 0.1) is 5.92 Å². The van der Waals surface area contributed by atoms with Gasteiger partial charge < -0.3 is 0 Å². The van der Waals surface area contributed by atoms with Gasteiger partial charge in [0.2, 0.25) is 0 Å². The van der Waals surface area contributed by atoms with Gasteiger partial charge in [0.05, 0.1) is 0 Å². The second-order valence-electron chi connectivity index (χ2n) is 3.03. The fraction of sp³-hybridized carbons (Fsp3) is 1.00. The van der Waals surface area contributed by atoms with Crippen LogP contribution in [0.5, 0.6) is 0 Å². The fourth-order valence-corrected chi connectivity index (χ4v) is 1.49. The molecule has 10 heavy (non-hydrogen) atoms. The summed E-state index contributed by atoms with van der Waals surface area (Å²) in [5.41, 5.74) is 2.63. The Labute approximate surface area is 60.9 Å². The average molecular weight is 146 g/mol. The first-order valence-corrected chi connectivity index (χ1v) is 3.90. The summed E-state index contributed by atoms with van der Waals surface area (Å²) in [6.07, 6.45) is 2.89. The van der Waals surface area contributed by atoms with Crippen molar-refractivity contribution in [2.24, 2.45) is 11.8 Å². The maximum absolute atomic E-state index is 12.5. The van der Waals surface area contributed by atoms with E-state index in [2.05, 4.69) is 5.43 Å². The average Bonchev–Trinajstić information content (AvgIpc) is 1.95. The van der Waals surface area contributed by atoms with Gasteiger partial charge in [0.15, 0.2) is 0 Å². The van der Waals surface area contributed by atoms with Crippen molar-refractivity contribution in [1.82, 2.24) is 5.43 Å². The summed E-state index contributed by atoms with van der Waals surface area (Å²) >= 11 is 0. The summed E-state index contributed by atoms with van der Waals surface area (Å²) in [6.45, 7) is 0.840. The van der Waals surface area contributed by atoms with Gasteiger partial charge in [-0.15, -0.1) is 0 Å². The monoisotopic (exact) mass is 146 g/mol. The molecule has 0 spiro atoms. The Kier molecular flexibility index (Phi) is 3.09. The lowest BCUT2D eigenvalue weighted by Gasteiger charge is -2.23. The summed E-state index contributed by atoms with van der Waals surface area (Å²) in [7, 11) is 0. The molecule has 0 heterocycles. The Morgan fingerprint density at radius 1 is 1.30 bits per heavy atom. The van der Waals surface area contributed by atoms with Gasteiger partial charge in [-0.1, -0.05) is 0 Å². The van der Waals surface area contributed by atoms with Gasteiger partial charge >= 0.3 is 0 Å². The number of rotatable bonds is 2. The highest BCUT2D eigenvalue weighted by Gasteiger charge is 2.19. The first-order chi connectivity index (χ1) is 4.83. The predicted octanol–water partition coefficient (Wildman–Crippen LogP) is 0.978. The van der Waals surface area contributed by atoms with E-state index in [9.17, 15) is 4.39 Å². The third-order valence-electron chi connectivity index (χ3n) is 2.18. The number of halogens is 1. The molecule has 0 saturated heterocycles. The molecule has 0 amide bonds. The van der Waals surface area contributed by atoms with Crippen molar-refractivity contribution < 1.29 is 4.39 Å². The van der Waals surface area contributed by atoms with Crippen LogP contribution in [0.1, 0.15) is 25.7 Å². The number of nitrogens with one attached hydrogen (secondary N) is 1. The molecule has 3 N–H and O–H groups in total. The van der Waals surface area contributed by atoms with Gasteiger partial charge in [-0.05, 0) is 31.6 Å². The van der Waals surface area contributed by atoms with Crippen LogP contribution in [-0.2, 0) is 0 Å². The standard InChI is InChI=1S/C7H15FN2/c8-7-3-1-6(2-4-7)5-10-9/h6-7,10H,1-5,9H2. The largest absolute Gasteiger partial charge is 0.271 e. The Hall–Kier alpha value is -0.150. The second-order valence-corrected chi connectivity index (χ2v) is 3.03. The molecule has 0 aromatic rings. The minimum absolute atomic E-state index is 0.547. The van der Waals surface area contributed by atoms with Crippen molar-refractivity contribution in [3.05, 3.63) is 0 Å². The Morgan fingerprint density at radius 3 is 2.40 bits per heavy atom. The lowest BCUT2D eigenvalue weighted by molar-refractivity contribution is 0.205. The van der Waals surface area contributed by atoms with Crippen molar-refractivity contribution in [1.29, 1.82) is 0 Å². The van der Waals surface area contributed by atoms with E-state index in [-0.39, 0.29) is 0 Å². The maximum Gasteiger partial charge on any atom is 0.100 e. The van der Waals surface area contributed by atoms with Gasteiger partial charge in [-0.3, -0.25) is 11.3 Å². The topological polar surface area (TPSA) is 38.0 Å². The molecule has 0 aliphatic heterocycles. The van der Waals surface area contributed by atoms with Crippen LogP contribution in [0.15, 0.2) is 0 Å². The first-order valence-electron chi connectivity index (χ1n) is 3.90. The first kappa shape index (κ1) is 7.95. The lowest BCUT2D eigenvalue weighted by atomic mass is 9.88. The van der Waals surface area contributed by atoms with Crippen LogP contribution in [0.2, 0.25) is 0 Å². The molecule has 1 saturated carbocycles. The number of alkyl halides is 1. The van der Waals surface area contributed by atoms with Crippen molar-refractivity contribution in [3.8, 4) is 0 Å². The van der Waals surface area contributed by atoms with E-state index in [1.54, 1.807) is 0 Å². The zero-order valence-electron chi connectivity index (χ0n) is 6.15. The van der Waals surface area contributed by atoms with Crippen LogP contribution in [0.3, 0.4) is 0 Å². The summed E-state index contributed by atoms with van der Waals surface area (Å²) in [5, 5.41) is 0. The molecular formula is C7H15FN2. The second kappa shape index (κ2) is 3.88. The molecule has 1 fully saturated rings. The predicted molar refractivity (Wildman–Crippen MR) is 39.0 cm³/mol. The molecule has 1 rings (SSSR count). The van der Waals surface area contributed by atoms with Crippen LogP contribution in [0.4, 0.5) is 4.39 Å². The number of hydrogen-bond donors (Lipinski definition) is 2. The van der Waals surface area contributed by atoms with Crippen molar-refractivity contribution in [2.75, 3.05) is 6.54 Å². The summed E-state index contributed by atoms with van der Waals surface area (Å²) in [4.78, 5) is 0. The van der Waals surface area contributed by atoms with E-state index in [0.29, 0.717) is 5.92 Å². The van der Waals surface area contributed by atoms with Gasteiger partial charge in [-0.2, -0.15) is 0 Å². The molecule has 1 aliphatic carbocycles. The van der Waals surface area contributed by atoms with E-state index < -0.39 is 6.17 Å². The Balaban J connectivity index is 2.13. The molecule has 0 bridgehead atoms. The van der Waals surface area contributed by atoms with Gasteiger partial charge in [0, 0.05) is 6.54 Å². The zero-order chi connectivity index (χ0) is 7.40. The van der Waals surface area contributed by atoms with Gasteiger partial charge in [-0.25, -0.2) is 4.39 Å². The summed E-state index contributed by atoms with van der Waals surface area (Å²) < 4.78 is 12.5. The van der Waals surface area contributed by atoms with Crippen molar-refractivity contribution >= 4 is 0 Å². The van der Waals surface area contributed by atoms with Gasteiger partial charge in [0.25, 0.3) is 0 Å². The quantitative estimate of drug-likeness (QED) is 0.450. The highest BCUT2D eigenvalue weighted by Crippen LogP contribution is 2.25. The normalized spacial score (nSPS) is 34.2. The van der Waals surface area contributed by atoms with Crippen LogP contribution in [-0.4, -0.2) is 12.7 Å². The molecule has 0 atom stereocenters. The Morgan fingerprint density at radius 2 is 1.90 bits per heavy atom. The molecule has 0 aromatic carbocycles. The number of hydrogen-bond acceptors (Lipinski definition) is 2. The molecule has 2 nitrogen and oxygen atoms in total. The minimum Gasteiger partial charge on any atom is -0.271 e. The molecule has 0 aromatic heterocycles. The van der Waals surface area contributed by atoms with E-state index in [0.717, 1.165) is 32.2 Å². The maximum atomic E-state index is 12.5. The van der Waals surface area contributed by atoms with Gasteiger partial charge in [0.1, 0.15) is 6.17 Å². The molecule has 3 heteroatoms. The van der Waals surface area contributed by atoms with E-state index in [1.165, 1.54) is 0 Å². The smallest absolute Gasteiger partial charge is 0.100 e. The van der Waals surface area contributed by atoms with Crippen LogP contribution < -0.4 is 11.3 Å². The number of hydrazine groups is 1. The molecule has 0 radical (unpaired) electrons. The molecule has 60 valence electrons. The zero-order valence-corrected chi connectivity index (χ0v) is 6.15. The van der Waals surface area contributed by atoms with Crippen LogP contribution >= 0.6 is 0 Å². The van der Waals surface area contributed by atoms with E-state index in [1.807, 2.05) is 0 Å². The number of nitrogens with two attached hydrogens (primary N) is 1. The highest BCUT2D eigenvalue weighted by molar-refractivity contribution is 4.72. The molecule has 0 unspecified atom stereocenters. The fourth-order valence-electron chi connectivity index (χ4n) is 1.49. The third kappa shape index (κ3) is 2.23. The highest BCUT2D eigenvalue weighted by atomic mass is 19.1. The van der Waals surface area contributed by atoms with Crippen LogP contribution in [0.25, 0.3) is 0 Å². The third-order valence-corrected chi connectivity index (χ3v) is 2.18. The van der Waals surface area contributed by atoms with E-state index >= 15 is 0 Å². The lowest BCUT2D eigenvalue weighted by Crippen LogP contribution is -2.31.